The summed E-state index contributed by atoms with van der Waals surface area (Å²) in [5.74, 6) is 0.0265. The highest BCUT2D eigenvalue weighted by Gasteiger charge is 2.22. The Morgan fingerprint density at radius 3 is 2.64 bits per heavy atom. The number of likely N-dealkylation sites (N-methyl/N-ethyl adjacent to an activating group) is 1. The SMILES string of the molecule is CCn1nc(C)c(CN(C)C(=O)C(C)n2cc(Br)cn2)c1C. The fraction of sp³-hybridized carbons (Fsp3) is 0.533. The van der Waals surface area contributed by atoms with Crippen LogP contribution in [-0.2, 0) is 17.9 Å². The number of amides is 1. The predicted molar refractivity (Wildman–Crippen MR) is 88.5 cm³/mol. The minimum Gasteiger partial charge on any atom is -0.339 e. The maximum absolute atomic E-state index is 12.6. The van der Waals surface area contributed by atoms with E-state index in [2.05, 4.69) is 33.1 Å². The highest BCUT2D eigenvalue weighted by molar-refractivity contribution is 9.10. The van der Waals surface area contributed by atoms with Gasteiger partial charge in [0.05, 0.1) is 16.4 Å². The summed E-state index contributed by atoms with van der Waals surface area (Å²) in [6.07, 6.45) is 3.49. The largest absolute Gasteiger partial charge is 0.339 e. The first-order valence-corrected chi connectivity index (χ1v) is 8.12. The van der Waals surface area contributed by atoms with E-state index in [9.17, 15) is 4.79 Å². The van der Waals surface area contributed by atoms with Crippen LogP contribution in [0.1, 0.15) is 36.8 Å². The highest BCUT2D eigenvalue weighted by Crippen LogP contribution is 2.18. The predicted octanol–water partition coefficient (Wildman–Crippen LogP) is 2.70. The number of aryl methyl sites for hydroxylation is 2. The molecule has 6 nitrogen and oxygen atoms in total. The zero-order chi connectivity index (χ0) is 16.4. The van der Waals surface area contributed by atoms with Gasteiger partial charge in [0.2, 0.25) is 5.91 Å². The molecule has 0 aliphatic carbocycles. The minimum absolute atomic E-state index is 0.0265. The Kier molecular flexibility index (Phi) is 5.05. The summed E-state index contributed by atoms with van der Waals surface area (Å²) in [5.41, 5.74) is 3.22. The Morgan fingerprint density at radius 2 is 2.14 bits per heavy atom. The van der Waals surface area contributed by atoms with Gasteiger partial charge < -0.3 is 4.90 Å². The second-order valence-corrected chi connectivity index (χ2v) is 6.39. The average Bonchev–Trinajstić information content (AvgIpc) is 3.03. The number of rotatable bonds is 5. The van der Waals surface area contributed by atoms with Crippen molar-refractivity contribution in [3.05, 3.63) is 33.8 Å². The lowest BCUT2D eigenvalue weighted by molar-refractivity contribution is -0.133. The van der Waals surface area contributed by atoms with E-state index in [1.165, 1.54) is 0 Å². The van der Waals surface area contributed by atoms with E-state index in [0.717, 1.165) is 28.0 Å². The molecule has 2 aromatic heterocycles. The summed E-state index contributed by atoms with van der Waals surface area (Å²) in [6.45, 7) is 9.35. The van der Waals surface area contributed by atoms with Gasteiger partial charge in [-0.3, -0.25) is 14.2 Å². The Bertz CT molecular complexity index is 676. The Hall–Kier alpha value is -1.63. The molecule has 0 aliphatic heterocycles. The molecule has 120 valence electrons. The molecule has 0 fully saturated rings. The van der Waals surface area contributed by atoms with E-state index in [0.29, 0.717) is 6.54 Å². The number of aromatic nitrogens is 4. The van der Waals surface area contributed by atoms with Crippen LogP contribution in [0, 0.1) is 13.8 Å². The van der Waals surface area contributed by atoms with Gasteiger partial charge in [0.1, 0.15) is 6.04 Å². The summed E-state index contributed by atoms with van der Waals surface area (Å²) in [7, 11) is 1.82. The second-order valence-electron chi connectivity index (χ2n) is 5.47. The summed E-state index contributed by atoms with van der Waals surface area (Å²) in [4.78, 5) is 14.3. The number of hydrogen-bond donors (Lipinski definition) is 0. The number of nitrogens with zero attached hydrogens (tertiary/aromatic N) is 5. The van der Waals surface area contributed by atoms with Crippen LogP contribution in [0.2, 0.25) is 0 Å². The van der Waals surface area contributed by atoms with Crippen molar-refractivity contribution in [1.29, 1.82) is 0 Å². The normalized spacial score (nSPS) is 12.5. The zero-order valence-electron chi connectivity index (χ0n) is 13.7. The van der Waals surface area contributed by atoms with Crippen molar-refractivity contribution in [2.45, 2.75) is 46.8 Å². The molecule has 7 heteroatoms. The molecule has 2 aromatic rings. The number of hydrogen-bond acceptors (Lipinski definition) is 3. The Labute approximate surface area is 139 Å². The third-order valence-electron chi connectivity index (χ3n) is 3.93. The third-order valence-corrected chi connectivity index (χ3v) is 4.34. The van der Waals surface area contributed by atoms with E-state index in [4.69, 9.17) is 0 Å². The molecule has 1 unspecified atom stereocenters. The van der Waals surface area contributed by atoms with Crippen LogP contribution >= 0.6 is 15.9 Å². The Morgan fingerprint density at radius 1 is 1.45 bits per heavy atom. The molecular weight excluding hydrogens is 346 g/mol. The van der Waals surface area contributed by atoms with Crippen LogP contribution in [0.3, 0.4) is 0 Å². The topological polar surface area (TPSA) is 56.0 Å². The van der Waals surface area contributed by atoms with Gasteiger partial charge in [0.15, 0.2) is 0 Å². The van der Waals surface area contributed by atoms with Crippen molar-refractivity contribution >= 4 is 21.8 Å². The summed E-state index contributed by atoms with van der Waals surface area (Å²) < 4.78 is 4.50. The van der Waals surface area contributed by atoms with Crippen molar-refractivity contribution in [2.75, 3.05) is 7.05 Å². The lowest BCUT2D eigenvalue weighted by Gasteiger charge is -2.22. The molecule has 0 spiro atoms. The molecule has 22 heavy (non-hydrogen) atoms. The van der Waals surface area contributed by atoms with Crippen LogP contribution in [0.4, 0.5) is 0 Å². The van der Waals surface area contributed by atoms with Gasteiger partial charge in [-0.05, 0) is 43.6 Å². The van der Waals surface area contributed by atoms with Crippen molar-refractivity contribution in [1.82, 2.24) is 24.5 Å². The summed E-state index contributed by atoms with van der Waals surface area (Å²) in [6, 6.07) is -0.335. The first kappa shape index (κ1) is 16.7. The number of carbonyl (C=O) groups is 1. The second kappa shape index (κ2) is 6.64. The molecule has 0 saturated heterocycles. The molecule has 0 N–H and O–H groups in total. The van der Waals surface area contributed by atoms with Crippen LogP contribution in [0.5, 0.6) is 0 Å². The summed E-state index contributed by atoms with van der Waals surface area (Å²) in [5, 5.41) is 8.69. The van der Waals surface area contributed by atoms with Gasteiger partial charge in [-0.25, -0.2) is 0 Å². The smallest absolute Gasteiger partial charge is 0.247 e. The van der Waals surface area contributed by atoms with Crippen molar-refractivity contribution < 1.29 is 4.79 Å². The van der Waals surface area contributed by atoms with Gasteiger partial charge in [-0.15, -0.1) is 0 Å². The zero-order valence-corrected chi connectivity index (χ0v) is 15.3. The van der Waals surface area contributed by atoms with Crippen LogP contribution < -0.4 is 0 Å². The molecule has 2 heterocycles. The molecule has 1 atom stereocenters. The maximum atomic E-state index is 12.6. The van der Waals surface area contributed by atoms with E-state index >= 15 is 0 Å². The lowest BCUT2D eigenvalue weighted by atomic mass is 10.1. The summed E-state index contributed by atoms with van der Waals surface area (Å²) >= 11 is 3.35. The number of halogens is 1. The molecule has 0 radical (unpaired) electrons. The van der Waals surface area contributed by atoms with E-state index in [-0.39, 0.29) is 11.9 Å². The molecule has 0 saturated carbocycles. The standard InChI is InChI=1S/C15H22BrN5O/c1-6-20-11(3)14(10(2)18-20)9-19(5)15(22)12(4)21-8-13(16)7-17-21/h7-8,12H,6,9H2,1-5H3. The lowest BCUT2D eigenvalue weighted by Crippen LogP contribution is -2.33. The first-order valence-electron chi connectivity index (χ1n) is 7.32. The maximum Gasteiger partial charge on any atom is 0.247 e. The molecule has 1 amide bonds. The molecular formula is C15H22BrN5O. The van der Waals surface area contributed by atoms with Gasteiger partial charge in [-0.2, -0.15) is 10.2 Å². The quantitative estimate of drug-likeness (QED) is 0.816. The van der Waals surface area contributed by atoms with Crippen molar-refractivity contribution in [2.24, 2.45) is 0 Å². The average molecular weight is 368 g/mol. The first-order chi connectivity index (χ1) is 10.3. The fourth-order valence-electron chi connectivity index (χ4n) is 2.54. The highest BCUT2D eigenvalue weighted by atomic mass is 79.9. The minimum atomic E-state index is -0.335. The van der Waals surface area contributed by atoms with Crippen molar-refractivity contribution in [3.8, 4) is 0 Å². The monoisotopic (exact) mass is 367 g/mol. The molecule has 2 rings (SSSR count). The van der Waals surface area contributed by atoms with Crippen LogP contribution in [0.25, 0.3) is 0 Å². The molecule has 0 aromatic carbocycles. The number of carbonyl (C=O) groups excluding carboxylic acids is 1. The van der Waals surface area contributed by atoms with E-state index < -0.39 is 0 Å². The van der Waals surface area contributed by atoms with Crippen LogP contribution in [-0.4, -0.2) is 37.4 Å². The van der Waals surface area contributed by atoms with E-state index in [1.807, 2.05) is 38.7 Å². The van der Waals surface area contributed by atoms with Gasteiger partial charge >= 0.3 is 0 Å². The van der Waals surface area contributed by atoms with Gasteiger partial charge in [-0.1, -0.05) is 0 Å². The third kappa shape index (κ3) is 3.24. The van der Waals surface area contributed by atoms with Gasteiger partial charge in [0, 0.05) is 37.6 Å². The van der Waals surface area contributed by atoms with Gasteiger partial charge in [0.25, 0.3) is 0 Å². The molecule has 0 aliphatic rings. The van der Waals surface area contributed by atoms with Crippen LogP contribution in [0.15, 0.2) is 16.9 Å². The Balaban J connectivity index is 2.13. The molecule has 0 bridgehead atoms. The van der Waals surface area contributed by atoms with Crippen molar-refractivity contribution in [3.63, 3.8) is 0 Å². The van der Waals surface area contributed by atoms with E-state index in [1.54, 1.807) is 15.8 Å². The fourth-order valence-corrected chi connectivity index (χ4v) is 2.85.